The molecule has 0 saturated heterocycles. The number of esters is 2. The summed E-state index contributed by atoms with van der Waals surface area (Å²) in [6.07, 6.45) is 0. The van der Waals surface area contributed by atoms with E-state index in [1.54, 1.807) is 38.1 Å². The molecule has 4 rings (SSSR count). The van der Waals surface area contributed by atoms with E-state index in [-0.39, 0.29) is 51.9 Å². The number of anilines is 1. The number of fused-ring (bicyclic) bond motifs is 2. The lowest BCUT2D eigenvalue weighted by molar-refractivity contribution is -0.162. The summed E-state index contributed by atoms with van der Waals surface area (Å²) in [5.41, 5.74) is -2.28. The molecule has 0 atom stereocenters. The molecule has 1 N–H and O–H groups in total. The number of carbonyl (C=O) groups is 4. The highest BCUT2D eigenvalue weighted by molar-refractivity contribution is 6.37. The molecule has 0 bridgehead atoms. The van der Waals surface area contributed by atoms with Crippen molar-refractivity contribution in [3.63, 3.8) is 0 Å². The van der Waals surface area contributed by atoms with Gasteiger partial charge in [0.25, 0.3) is 0 Å². The van der Waals surface area contributed by atoms with E-state index < -0.39 is 28.9 Å². The molecule has 1 aliphatic carbocycles. The number of rotatable bonds is 4. The third-order valence-corrected chi connectivity index (χ3v) is 5.64. The van der Waals surface area contributed by atoms with Crippen molar-refractivity contribution in [2.24, 2.45) is 0 Å². The topological polar surface area (TPSA) is 98.8 Å². The molecule has 8 heteroatoms. The molecule has 31 heavy (non-hydrogen) atoms. The van der Waals surface area contributed by atoms with Crippen molar-refractivity contribution in [1.82, 2.24) is 0 Å². The largest absolute Gasteiger partial charge is 0.465 e. The minimum Gasteiger partial charge on any atom is -0.465 e. The molecule has 0 unspecified atom stereocenters. The van der Waals surface area contributed by atoms with Crippen molar-refractivity contribution in [2.45, 2.75) is 19.3 Å². The Morgan fingerprint density at radius 1 is 0.903 bits per heavy atom. The van der Waals surface area contributed by atoms with Crippen LogP contribution in [-0.2, 0) is 24.5 Å². The van der Waals surface area contributed by atoms with E-state index in [1.807, 2.05) is 0 Å². The van der Waals surface area contributed by atoms with E-state index in [0.29, 0.717) is 0 Å². The van der Waals surface area contributed by atoms with Crippen molar-refractivity contribution in [2.75, 3.05) is 18.5 Å². The SMILES string of the molecule is CCOC(=O)C1(C(=O)OCC)C2=C(Nc3c(Cl)cccc31)C(=O)c1ccccc1C2=O. The number of nitrogens with one attached hydrogen (secondary N) is 1. The van der Waals surface area contributed by atoms with Gasteiger partial charge in [-0.3, -0.25) is 19.2 Å². The maximum absolute atomic E-state index is 13.6. The maximum atomic E-state index is 13.6. The molecular weight excluding hydrogens is 422 g/mol. The van der Waals surface area contributed by atoms with E-state index in [2.05, 4.69) is 5.32 Å². The van der Waals surface area contributed by atoms with Gasteiger partial charge in [0.2, 0.25) is 11.2 Å². The number of hydrogen-bond donors (Lipinski definition) is 1. The maximum Gasteiger partial charge on any atom is 0.333 e. The van der Waals surface area contributed by atoms with Crippen molar-refractivity contribution in [3.8, 4) is 0 Å². The first-order valence-electron chi connectivity index (χ1n) is 9.73. The van der Waals surface area contributed by atoms with Crippen LogP contribution in [0.2, 0.25) is 5.02 Å². The quantitative estimate of drug-likeness (QED) is 0.575. The first-order chi connectivity index (χ1) is 14.9. The summed E-state index contributed by atoms with van der Waals surface area (Å²) >= 11 is 6.36. The normalized spacial score (nSPS) is 16.0. The molecule has 0 fully saturated rings. The zero-order valence-electron chi connectivity index (χ0n) is 16.8. The van der Waals surface area contributed by atoms with Crippen LogP contribution in [0.25, 0.3) is 0 Å². The second kappa shape index (κ2) is 7.67. The van der Waals surface area contributed by atoms with Gasteiger partial charge >= 0.3 is 11.9 Å². The predicted octanol–water partition coefficient (Wildman–Crippen LogP) is 3.46. The van der Waals surface area contributed by atoms with E-state index in [0.717, 1.165) is 0 Å². The third-order valence-electron chi connectivity index (χ3n) is 5.33. The van der Waals surface area contributed by atoms with Crippen LogP contribution < -0.4 is 5.32 Å². The van der Waals surface area contributed by atoms with Gasteiger partial charge in [-0.05, 0) is 19.9 Å². The second-order valence-corrected chi connectivity index (χ2v) is 7.34. The highest BCUT2D eigenvalue weighted by atomic mass is 35.5. The Labute approximate surface area is 183 Å². The van der Waals surface area contributed by atoms with Crippen molar-refractivity contribution >= 4 is 40.8 Å². The lowest BCUT2D eigenvalue weighted by Crippen LogP contribution is -2.54. The van der Waals surface area contributed by atoms with Crippen molar-refractivity contribution in [3.05, 3.63) is 75.4 Å². The molecular formula is C23H18ClNO6. The van der Waals surface area contributed by atoms with Gasteiger partial charge in [0.1, 0.15) is 0 Å². The van der Waals surface area contributed by atoms with Crippen LogP contribution in [0.15, 0.2) is 53.7 Å². The van der Waals surface area contributed by atoms with E-state index in [4.69, 9.17) is 21.1 Å². The molecule has 2 aromatic carbocycles. The summed E-state index contributed by atoms with van der Waals surface area (Å²) < 4.78 is 10.5. The summed E-state index contributed by atoms with van der Waals surface area (Å²) in [6, 6.07) is 10.8. The molecule has 158 valence electrons. The van der Waals surface area contributed by atoms with Crippen molar-refractivity contribution in [1.29, 1.82) is 0 Å². The zero-order valence-corrected chi connectivity index (χ0v) is 17.5. The average molecular weight is 440 g/mol. The van der Waals surface area contributed by atoms with Crippen molar-refractivity contribution < 1.29 is 28.7 Å². The van der Waals surface area contributed by atoms with Gasteiger partial charge < -0.3 is 14.8 Å². The molecule has 2 aliphatic rings. The standard InChI is InChI=1S/C23H18ClNO6/c1-3-30-21(28)23(22(29)31-4-2)14-10-7-11-15(24)17(14)25-18-16(23)19(26)12-8-5-6-9-13(12)20(18)27/h5-11,25H,3-4H2,1-2H3. The minimum atomic E-state index is -2.30. The first-order valence-corrected chi connectivity index (χ1v) is 10.1. The molecule has 1 aliphatic heterocycles. The Balaban J connectivity index is 2.13. The van der Waals surface area contributed by atoms with Crippen LogP contribution >= 0.6 is 11.6 Å². The fourth-order valence-corrected chi connectivity index (χ4v) is 4.28. The minimum absolute atomic E-state index is 0.0509. The average Bonchev–Trinajstić information content (AvgIpc) is 2.76. The highest BCUT2D eigenvalue weighted by Crippen LogP contribution is 2.50. The van der Waals surface area contributed by atoms with Gasteiger partial charge in [-0.25, -0.2) is 0 Å². The van der Waals surface area contributed by atoms with Gasteiger partial charge in [-0.15, -0.1) is 0 Å². The first kappa shape index (κ1) is 20.8. The van der Waals surface area contributed by atoms with Gasteiger partial charge in [-0.2, -0.15) is 0 Å². The van der Waals surface area contributed by atoms with Gasteiger partial charge in [-0.1, -0.05) is 48.0 Å². The molecule has 2 aromatic rings. The Bertz CT molecular complexity index is 1160. The van der Waals surface area contributed by atoms with Crippen LogP contribution in [0, 0.1) is 0 Å². The Morgan fingerprint density at radius 2 is 1.48 bits per heavy atom. The number of allylic oxidation sites excluding steroid dienone is 1. The van der Waals surface area contributed by atoms with E-state index in [9.17, 15) is 19.2 Å². The van der Waals surface area contributed by atoms with E-state index in [1.165, 1.54) is 18.2 Å². The molecule has 1 heterocycles. The van der Waals surface area contributed by atoms with Gasteiger partial charge in [0.15, 0.2) is 5.78 Å². The van der Waals surface area contributed by atoms with E-state index >= 15 is 0 Å². The number of ketones is 2. The van der Waals surface area contributed by atoms with Crippen LogP contribution in [0.3, 0.4) is 0 Å². The number of benzene rings is 2. The molecule has 7 nitrogen and oxygen atoms in total. The number of halogens is 1. The molecule has 0 radical (unpaired) electrons. The van der Waals surface area contributed by atoms with Crippen LogP contribution in [0.4, 0.5) is 5.69 Å². The summed E-state index contributed by atoms with van der Waals surface area (Å²) in [4.78, 5) is 53.8. The smallest absolute Gasteiger partial charge is 0.333 e. The van der Waals surface area contributed by atoms with Crippen LogP contribution in [-0.4, -0.2) is 36.7 Å². The Hall–Kier alpha value is -3.45. The number of carbonyl (C=O) groups excluding carboxylic acids is 4. The fourth-order valence-electron chi connectivity index (χ4n) is 4.06. The Morgan fingerprint density at radius 3 is 2.06 bits per heavy atom. The van der Waals surface area contributed by atoms with Crippen LogP contribution in [0.1, 0.15) is 40.1 Å². The molecule has 0 spiro atoms. The summed E-state index contributed by atoms with van der Waals surface area (Å²) in [5.74, 6) is -3.18. The molecule has 0 saturated carbocycles. The summed E-state index contributed by atoms with van der Waals surface area (Å²) in [5, 5.41) is 3.07. The Kier molecular flexibility index (Phi) is 5.15. The number of hydrogen-bond acceptors (Lipinski definition) is 7. The fraction of sp³-hybridized carbons (Fsp3) is 0.217. The predicted molar refractivity (Wildman–Crippen MR) is 112 cm³/mol. The lowest BCUT2D eigenvalue weighted by atomic mass is 9.65. The number of para-hydroxylation sites is 1. The number of ether oxygens (including phenoxy) is 2. The monoisotopic (exact) mass is 439 g/mol. The summed E-state index contributed by atoms with van der Waals surface area (Å²) in [7, 11) is 0. The zero-order chi connectivity index (χ0) is 22.3. The third kappa shape index (κ3) is 2.80. The second-order valence-electron chi connectivity index (χ2n) is 6.93. The highest BCUT2D eigenvalue weighted by Gasteiger charge is 2.62. The molecule has 0 aromatic heterocycles. The number of Topliss-reactive ketones (excluding diaryl/α,β-unsaturated/α-hetero) is 2. The van der Waals surface area contributed by atoms with Gasteiger partial charge in [0.05, 0.1) is 35.2 Å². The van der Waals surface area contributed by atoms with Crippen LogP contribution in [0.5, 0.6) is 0 Å². The van der Waals surface area contributed by atoms with Gasteiger partial charge in [0, 0.05) is 16.7 Å². The molecule has 0 amide bonds. The lowest BCUT2D eigenvalue weighted by Gasteiger charge is -2.39. The summed E-state index contributed by atoms with van der Waals surface area (Å²) in [6.45, 7) is 3.06.